The van der Waals surface area contributed by atoms with Gasteiger partial charge in [-0.05, 0) is 81.5 Å². The van der Waals surface area contributed by atoms with Gasteiger partial charge in [-0.2, -0.15) is 0 Å². The molecule has 2 nitrogen and oxygen atoms in total. The molecule has 8 aromatic carbocycles. The highest BCUT2D eigenvalue weighted by Crippen LogP contribution is 2.45. The number of rotatable bonds is 5. The van der Waals surface area contributed by atoms with E-state index in [-0.39, 0.29) is 35.4 Å². The second kappa shape index (κ2) is 11.2. The van der Waals surface area contributed by atoms with Crippen molar-refractivity contribution in [1.82, 2.24) is 0 Å². The van der Waals surface area contributed by atoms with Gasteiger partial charge in [0.15, 0.2) is 5.58 Å². The Balaban J connectivity index is 1.25. The number of benzene rings is 8. The lowest BCUT2D eigenvalue weighted by molar-refractivity contribution is 0.669. The van der Waals surface area contributed by atoms with E-state index in [1.54, 1.807) is 11.3 Å². The topological polar surface area (TPSA) is 16.4 Å². The Hall–Kier alpha value is -6.16. The number of anilines is 3. The molecular formula is C46H29NOS. The highest BCUT2D eigenvalue weighted by atomic mass is 32.1. The van der Waals surface area contributed by atoms with E-state index in [0.717, 1.165) is 38.3 Å². The fourth-order valence-corrected chi connectivity index (χ4v) is 8.25. The molecule has 10 rings (SSSR count). The molecule has 0 aliphatic carbocycles. The third-order valence-corrected chi connectivity index (χ3v) is 10.5. The molecule has 0 N–H and O–H groups in total. The van der Waals surface area contributed by atoms with Crippen molar-refractivity contribution in [3.8, 4) is 22.3 Å². The van der Waals surface area contributed by atoms with Gasteiger partial charge in [-0.1, -0.05) is 127 Å². The van der Waals surface area contributed by atoms with Gasteiger partial charge in [0.25, 0.3) is 0 Å². The molecular weight excluding hydrogens is 615 g/mol. The van der Waals surface area contributed by atoms with Gasteiger partial charge in [-0.25, -0.2) is 0 Å². The molecule has 0 spiro atoms. The molecule has 0 aliphatic heterocycles. The summed E-state index contributed by atoms with van der Waals surface area (Å²) < 4.78 is 47.1. The van der Waals surface area contributed by atoms with Gasteiger partial charge in [-0.3, -0.25) is 0 Å². The quantitative estimate of drug-likeness (QED) is 0.185. The average molecular weight is 648 g/mol. The number of furan rings is 1. The summed E-state index contributed by atoms with van der Waals surface area (Å²) in [5.74, 6) is 0. The first-order valence-electron chi connectivity index (χ1n) is 18.3. The number of nitrogens with zero attached hydrogens (tertiary/aromatic N) is 1. The summed E-state index contributed by atoms with van der Waals surface area (Å²) in [5.41, 5.74) is 5.76. The van der Waals surface area contributed by atoms with E-state index in [0.29, 0.717) is 22.5 Å². The molecule has 0 bridgehead atoms. The summed E-state index contributed by atoms with van der Waals surface area (Å²) in [4.78, 5) is 1.84. The third kappa shape index (κ3) is 4.55. The number of fused-ring (bicyclic) bond motifs is 7. The molecule has 230 valence electrons. The zero-order chi connectivity index (χ0) is 35.8. The first-order valence-corrected chi connectivity index (χ1v) is 17.1. The van der Waals surface area contributed by atoms with E-state index in [4.69, 9.17) is 4.42 Å². The van der Waals surface area contributed by atoms with E-state index in [1.165, 1.54) is 20.2 Å². The van der Waals surface area contributed by atoms with Crippen molar-refractivity contribution in [1.29, 1.82) is 0 Å². The van der Waals surface area contributed by atoms with Gasteiger partial charge in [0, 0.05) is 42.3 Å². The van der Waals surface area contributed by atoms with Gasteiger partial charge in [0.1, 0.15) is 5.58 Å². The van der Waals surface area contributed by atoms with Crippen molar-refractivity contribution in [3.05, 3.63) is 176 Å². The number of para-hydroxylation sites is 2. The van der Waals surface area contributed by atoms with Gasteiger partial charge in [0.05, 0.1) is 11.2 Å². The van der Waals surface area contributed by atoms with Gasteiger partial charge in [0.2, 0.25) is 0 Å². The van der Waals surface area contributed by atoms with Crippen LogP contribution in [0.15, 0.2) is 180 Å². The molecule has 0 radical (unpaired) electrons. The molecule has 0 saturated carbocycles. The number of thiophene rings is 1. The van der Waals surface area contributed by atoms with Crippen LogP contribution in [0.2, 0.25) is 0 Å². The van der Waals surface area contributed by atoms with Crippen LogP contribution in [-0.4, -0.2) is 0 Å². The van der Waals surface area contributed by atoms with Crippen molar-refractivity contribution in [2.24, 2.45) is 0 Å². The smallest absolute Gasteiger partial charge is 0.159 e. The van der Waals surface area contributed by atoms with Crippen molar-refractivity contribution in [2.45, 2.75) is 0 Å². The molecule has 3 heteroatoms. The zero-order valence-corrected chi connectivity index (χ0v) is 27.0. The minimum Gasteiger partial charge on any atom is -0.454 e. The molecule has 10 aromatic rings. The van der Waals surface area contributed by atoms with E-state index < -0.39 is 0 Å². The maximum absolute atomic E-state index is 9.61. The van der Waals surface area contributed by atoms with Crippen molar-refractivity contribution < 1.29 is 9.90 Å². The predicted octanol–water partition coefficient (Wildman–Crippen LogP) is 13.9. The molecule has 0 aliphatic rings. The molecule has 49 heavy (non-hydrogen) atoms. The minimum atomic E-state index is -0.140. The second-order valence-electron chi connectivity index (χ2n) is 12.2. The van der Waals surface area contributed by atoms with Crippen LogP contribution in [0.5, 0.6) is 0 Å². The van der Waals surface area contributed by atoms with Gasteiger partial charge in [-0.15, -0.1) is 11.3 Å². The van der Waals surface area contributed by atoms with Crippen molar-refractivity contribution in [3.63, 3.8) is 0 Å². The number of hydrogen-bond donors (Lipinski definition) is 0. The lowest BCUT2D eigenvalue weighted by Gasteiger charge is -2.26. The first-order chi connectivity index (χ1) is 26.0. The molecule has 2 aromatic heterocycles. The van der Waals surface area contributed by atoms with Crippen LogP contribution in [0.1, 0.15) is 5.48 Å². The lowest BCUT2D eigenvalue weighted by atomic mass is 9.97. The summed E-state index contributed by atoms with van der Waals surface area (Å²) in [6, 6.07) is 49.8. The van der Waals surface area contributed by atoms with Crippen LogP contribution >= 0.6 is 11.3 Å². The summed E-state index contributed by atoms with van der Waals surface area (Å²) in [7, 11) is 0. The summed E-state index contributed by atoms with van der Waals surface area (Å²) in [5, 5.41) is 6.07. The van der Waals surface area contributed by atoms with Crippen LogP contribution < -0.4 is 4.90 Å². The molecule has 0 fully saturated rings. The van der Waals surface area contributed by atoms with E-state index >= 15 is 0 Å². The van der Waals surface area contributed by atoms with Crippen LogP contribution in [0, 0.1) is 0 Å². The summed E-state index contributed by atoms with van der Waals surface area (Å²) in [6.07, 6.45) is 0. The Morgan fingerprint density at radius 2 is 1.16 bits per heavy atom. The Bertz CT molecular complexity index is 3060. The summed E-state index contributed by atoms with van der Waals surface area (Å²) in [6.45, 7) is 0. The molecule has 0 saturated heterocycles. The maximum Gasteiger partial charge on any atom is 0.159 e. The lowest BCUT2D eigenvalue weighted by Crippen LogP contribution is -2.10. The maximum atomic E-state index is 9.61. The Labute approximate surface area is 293 Å². The zero-order valence-electron chi connectivity index (χ0n) is 30.2. The highest BCUT2D eigenvalue weighted by molar-refractivity contribution is 7.25. The third-order valence-electron chi connectivity index (χ3n) is 9.34. The van der Waals surface area contributed by atoms with E-state index in [2.05, 4.69) is 54.6 Å². The Morgan fingerprint density at radius 3 is 2.08 bits per heavy atom. The van der Waals surface area contributed by atoms with Gasteiger partial charge >= 0.3 is 0 Å². The predicted molar refractivity (Wildman–Crippen MR) is 210 cm³/mol. The highest BCUT2D eigenvalue weighted by Gasteiger charge is 2.20. The normalized spacial score (nSPS) is 12.8. The minimum absolute atomic E-state index is 0.107. The van der Waals surface area contributed by atoms with Crippen molar-refractivity contribution >= 4 is 81.3 Å². The molecule has 2 heterocycles. The average Bonchev–Trinajstić information content (AvgIpc) is 3.78. The molecule has 0 atom stereocenters. The fraction of sp³-hybridized carbons (Fsp3) is 0. The van der Waals surface area contributed by atoms with Crippen LogP contribution in [0.3, 0.4) is 0 Å². The SMILES string of the molecule is [2H]c1c([2H])c(N(c2cccc(-c3cccc4sc5ccccc5c34)c2)c2cccc3c2oc2ccccc23)c([2H])c([2H])c1-c1cccc2ccccc12. The van der Waals surface area contributed by atoms with E-state index in [9.17, 15) is 5.48 Å². The van der Waals surface area contributed by atoms with Crippen LogP contribution in [0.4, 0.5) is 17.1 Å². The number of hydrogen-bond acceptors (Lipinski definition) is 3. The second-order valence-corrected chi connectivity index (χ2v) is 13.2. The monoisotopic (exact) mass is 647 g/mol. The van der Waals surface area contributed by atoms with Gasteiger partial charge < -0.3 is 9.32 Å². The van der Waals surface area contributed by atoms with Crippen molar-refractivity contribution in [2.75, 3.05) is 4.90 Å². The standard InChI is InChI=1S/C46H29NOS/c1-2-15-35-30(11-1)12-8-18-36(35)31-25-27-33(28-26-31)47(41-21-9-20-39-38-16-3-5-22-42(38)48-46(39)41)34-14-7-13-32(29-34)37-19-10-24-44-45(37)40-17-4-6-23-43(40)49-44/h1-29H/i25D,26D,27D,28D. The fourth-order valence-electron chi connectivity index (χ4n) is 7.12. The largest absolute Gasteiger partial charge is 0.454 e. The molecule has 0 unspecified atom stereocenters. The first kappa shape index (κ1) is 24.1. The Morgan fingerprint density at radius 1 is 0.490 bits per heavy atom. The van der Waals surface area contributed by atoms with Crippen LogP contribution in [0.25, 0.3) is 75.1 Å². The molecule has 0 amide bonds. The Kier molecular flexibility index (Phi) is 5.51. The summed E-state index contributed by atoms with van der Waals surface area (Å²) >= 11 is 1.77. The van der Waals surface area contributed by atoms with Crippen LogP contribution in [-0.2, 0) is 0 Å². The van der Waals surface area contributed by atoms with E-state index in [1.807, 2.05) is 102 Å².